The van der Waals surface area contributed by atoms with E-state index in [1.807, 2.05) is 13.2 Å². The summed E-state index contributed by atoms with van der Waals surface area (Å²) in [6.07, 6.45) is 5.10. The van der Waals surface area contributed by atoms with Crippen LogP contribution >= 0.6 is 11.6 Å². The molecule has 3 rings (SSSR count). The van der Waals surface area contributed by atoms with E-state index >= 15 is 0 Å². The molecule has 5 nitrogen and oxygen atoms in total. The lowest BCUT2D eigenvalue weighted by molar-refractivity contribution is 0.768. The van der Waals surface area contributed by atoms with E-state index in [2.05, 4.69) is 15.1 Å². The third-order valence-corrected chi connectivity index (χ3v) is 2.89. The molecule has 18 heavy (non-hydrogen) atoms. The number of nitrogens with zero attached hydrogens (tertiary/aromatic N) is 3. The molecule has 0 atom stereocenters. The molecule has 6 heteroatoms. The van der Waals surface area contributed by atoms with Crippen molar-refractivity contribution in [2.45, 2.75) is 0 Å². The lowest BCUT2D eigenvalue weighted by atomic mass is 10.1. The average Bonchev–Trinajstić information content (AvgIpc) is 2.76. The molecule has 3 heterocycles. The molecule has 0 amide bonds. The van der Waals surface area contributed by atoms with Crippen LogP contribution in [0.15, 0.2) is 35.5 Å². The number of H-pyrrole nitrogens is 1. The highest BCUT2D eigenvalue weighted by Crippen LogP contribution is 2.25. The molecule has 3 aromatic heterocycles. The number of rotatable bonds is 1. The smallest absolute Gasteiger partial charge is 0.189 e. The molecule has 1 N–H and O–H groups in total. The Labute approximate surface area is 107 Å². The van der Waals surface area contributed by atoms with Crippen molar-refractivity contribution in [1.82, 2.24) is 19.7 Å². The molecule has 3 aromatic rings. The van der Waals surface area contributed by atoms with Crippen molar-refractivity contribution in [3.8, 4) is 11.3 Å². The Bertz CT molecular complexity index is 790. The van der Waals surface area contributed by atoms with Gasteiger partial charge in [-0.15, -0.1) is 0 Å². The first-order valence-electron chi connectivity index (χ1n) is 5.32. The number of pyridine rings is 2. The fraction of sp³-hybridized carbons (Fsp3) is 0.0833. The lowest BCUT2D eigenvalue weighted by Gasteiger charge is -2.03. The number of hydrogen-bond acceptors (Lipinski definition) is 3. The standard InChI is InChI=1S/C12H9ClN4O/c1-17-6-7(5-15-17)11-12-8(4-10(13)16-11)9(18)2-3-14-12/h2-6H,1H3,(H,14,18). The average molecular weight is 261 g/mol. The van der Waals surface area contributed by atoms with Crippen molar-refractivity contribution >= 4 is 22.5 Å². The van der Waals surface area contributed by atoms with Gasteiger partial charge in [0.2, 0.25) is 0 Å². The number of halogens is 1. The molecule has 0 aromatic carbocycles. The van der Waals surface area contributed by atoms with E-state index in [9.17, 15) is 4.79 Å². The van der Waals surface area contributed by atoms with E-state index in [0.29, 0.717) is 16.6 Å². The van der Waals surface area contributed by atoms with Gasteiger partial charge in [0.25, 0.3) is 0 Å². The number of aromatic amines is 1. The van der Waals surface area contributed by atoms with Crippen molar-refractivity contribution in [3.05, 3.63) is 46.1 Å². The Kier molecular flexibility index (Phi) is 2.41. The Hall–Kier alpha value is -2.14. The largest absolute Gasteiger partial charge is 0.359 e. The Morgan fingerprint density at radius 2 is 2.28 bits per heavy atom. The molecule has 90 valence electrons. The van der Waals surface area contributed by atoms with Crippen LogP contribution in [0.2, 0.25) is 5.15 Å². The van der Waals surface area contributed by atoms with Gasteiger partial charge in [-0.2, -0.15) is 5.10 Å². The topological polar surface area (TPSA) is 63.6 Å². The molecule has 0 fully saturated rings. The summed E-state index contributed by atoms with van der Waals surface area (Å²) in [6.45, 7) is 0. The fourth-order valence-electron chi connectivity index (χ4n) is 1.90. The maximum Gasteiger partial charge on any atom is 0.189 e. The molecule has 0 saturated carbocycles. The van der Waals surface area contributed by atoms with E-state index in [1.54, 1.807) is 23.1 Å². The van der Waals surface area contributed by atoms with Crippen LogP contribution in [-0.4, -0.2) is 19.7 Å². The van der Waals surface area contributed by atoms with Crippen molar-refractivity contribution < 1.29 is 0 Å². The first kappa shape index (κ1) is 11.0. The van der Waals surface area contributed by atoms with Crippen LogP contribution in [0.1, 0.15) is 0 Å². The van der Waals surface area contributed by atoms with Gasteiger partial charge >= 0.3 is 0 Å². The minimum atomic E-state index is -0.0850. The molecular weight excluding hydrogens is 252 g/mol. The predicted molar refractivity (Wildman–Crippen MR) is 69.6 cm³/mol. The van der Waals surface area contributed by atoms with Crippen molar-refractivity contribution in [3.63, 3.8) is 0 Å². The van der Waals surface area contributed by atoms with Crippen LogP contribution in [0.4, 0.5) is 0 Å². The summed E-state index contributed by atoms with van der Waals surface area (Å²) >= 11 is 5.96. The van der Waals surface area contributed by atoms with Crippen LogP contribution in [0.25, 0.3) is 22.2 Å². The molecule has 0 saturated heterocycles. The van der Waals surface area contributed by atoms with E-state index in [-0.39, 0.29) is 10.6 Å². The predicted octanol–water partition coefficient (Wildman–Crippen LogP) is 1.98. The highest BCUT2D eigenvalue weighted by atomic mass is 35.5. The van der Waals surface area contributed by atoms with Crippen LogP contribution in [0.3, 0.4) is 0 Å². The van der Waals surface area contributed by atoms with Gasteiger partial charge in [-0.1, -0.05) is 11.6 Å². The Balaban J connectivity index is 2.42. The van der Waals surface area contributed by atoms with Gasteiger partial charge in [-0.25, -0.2) is 4.98 Å². The number of hydrogen-bond donors (Lipinski definition) is 1. The zero-order chi connectivity index (χ0) is 12.7. The summed E-state index contributed by atoms with van der Waals surface area (Å²) < 4.78 is 1.67. The summed E-state index contributed by atoms with van der Waals surface area (Å²) in [5.74, 6) is 0. The van der Waals surface area contributed by atoms with E-state index < -0.39 is 0 Å². The van der Waals surface area contributed by atoms with Gasteiger partial charge in [0.05, 0.1) is 22.8 Å². The summed E-state index contributed by atoms with van der Waals surface area (Å²) in [6, 6.07) is 3.03. The van der Waals surface area contributed by atoms with Crippen LogP contribution in [0, 0.1) is 0 Å². The summed E-state index contributed by atoms with van der Waals surface area (Å²) in [5, 5.41) is 4.91. The monoisotopic (exact) mass is 260 g/mol. The quantitative estimate of drug-likeness (QED) is 0.681. The molecule has 0 aliphatic carbocycles. The van der Waals surface area contributed by atoms with Crippen LogP contribution < -0.4 is 5.43 Å². The highest BCUT2D eigenvalue weighted by Gasteiger charge is 2.11. The maximum absolute atomic E-state index is 11.8. The zero-order valence-corrected chi connectivity index (χ0v) is 10.3. The molecule has 0 bridgehead atoms. The molecule has 0 spiro atoms. The minimum absolute atomic E-state index is 0.0850. The third kappa shape index (κ3) is 1.69. The SMILES string of the molecule is Cn1cc(-c2nc(Cl)cc3c(=O)cc[nH]c23)cn1. The lowest BCUT2D eigenvalue weighted by Crippen LogP contribution is -2.02. The van der Waals surface area contributed by atoms with Crippen molar-refractivity contribution in [1.29, 1.82) is 0 Å². The molecule has 0 radical (unpaired) electrons. The Morgan fingerprint density at radius 3 is 3.00 bits per heavy atom. The van der Waals surface area contributed by atoms with Crippen LogP contribution in [-0.2, 0) is 7.05 Å². The van der Waals surface area contributed by atoms with Gasteiger partial charge in [-0.3, -0.25) is 9.48 Å². The van der Waals surface area contributed by atoms with Crippen molar-refractivity contribution in [2.24, 2.45) is 7.05 Å². The number of nitrogens with one attached hydrogen (secondary N) is 1. The summed E-state index contributed by atoms with van der Waals surface area (Å²) in [5.41, 5.74) is 2.02. The fourth-order valence-corrected chi connectivity index (χ4v) is 2.09. The molecule has 0 aliphatic rings. The second-order valence-electron chi connectivity index (χ2n) is 3.96. The van der Waals surface area contributed by atoms with E-state index in [1.165, 1.54) is 6.07 Å². The van der Waals surface area contributed by atoms with Gasteiger partial charge in [0.15, 0.2) is 5.43 Å². The summed E-state index contributed by atoms with van der Waals surface area (Å²) in [4.78, 5) is 19.1. The number of fused-ring (bicyclic) bond motifs is 1. The van der Waals surface area contributed by atoms with Crippen LogP contribution in [0.5, 0.6) is 0 Å². The molecule has 0 aliphatic heterocycles. The number of aryl methyl sites for hydroxylation is 1. The molecule has 0 unspecified atom stereocenters. The maximum atomic E-state index is 11.8. The number of aromatic nitrogens is 4. The molecular formula is C12H9ClN4O. The zero-order valence-electron chi connectivity index (χ0n) is 9.51. The normalized spacial score (nSPS) is 11.0. The van der Waals surface area contributed by atoms with Gasteiger partial charge in [0, 0.05) is 31.1 Å². The second kappa shape index (κ2) is 3.96. The summed E-state index contributed by atoms with van der Waals surface area (Å²) in [7, 11) is 1.82. The first-order chi connectivity index (χ1) is 8.65. The second-order valence-corrected chi connectivity index (χ2v) is 4.35. The minimum Gasteiger partial charge on any atom is -0.359 e. The Morgan fingerprint density at radius 1 is 1.44 bits per heavy atom. The van der Waals surface area contributed by atoms with Gasteiger partial charge < -0.3 is 4.98 Å². The van der Waals surface area contributed by atoms with Gasteiger partial charge in [-0.05, 0) is 6.07 Å². The third-order valence-electron chi connectivity index (χ3n) is 2.69. The highest BCUT2D eigenvalue weighted by molar-refractivity contribution is 6.30. The van der Waals surface area contributed by atoms with E-state index in [4.69, 9.17) is 11.6 Å². The first-order valence-corrected chi connectivity index (χ1v) is 5.70. The van der Waals surface area contributed by atoms with E-state index in [0.717, 1.165) is 5.56 Å². The van der Waals surface area contributed by atoms with Crippen molar-refractivity contribution in [2.75, 3.05) is 0 Å². The van der Waals surface area contributed by atoms with Gasteiger partial charge in [0.1, 0.15) is 5.15 Å².